The summed E-state index contributed by atoms with van der Waals surface area (Å²) < 4.78 is 6.27. The van der Waals surface area contributed by atoms with E-state index in [9.17, 15) is 4.79 Å². The molecular weight excluding hydrogens is 240 g/mol. The van der Waals surface area contributed by atoms with Crippen molar-refractivity contribution in [3.8, 4) is 0 Å². The van der Waals surface area contributed by atoms with E-state index in [2.05, 4.69) is 18.2 Å². The molecule has 3 rings (SSSR count). The maximum atomic E-state index is 11.0. The summed E-state index contributed by atoms with van der Waals surface area (Å²) >= 11 is 0. The van der Waals surface area contributed by atoms with Crippen LogP contribution < -0.4 is 0 Å². The second-order valence-corrected chi connectivity index (χ2v) is 5.80. The normalized spacial score (nSPS) is 24.3. The number of hydrogen-bond acceptors (Lipinski definition) is 2. The Morgan fingerprint density at radius 1 is 1.32 bits per heavy atom. The van der Waals surface area contributed by atoms with Gasteiger partial charge in [-0.25, -0.2) is 0 Å². The van der Waals surface area contributed by atoms with Gasteiger partial charge in [0.05, 0.1) is 18.1 Å². The summed E-state index contributed by atoms with van der Waals surface area (Å²) in [5.74, 6) is -0.746. The first kappa shape index (κ1) is 12.7. The molecule has 0 aromatic heterocycles. The van der Waals surface area contributed by atoms with Crippen LogP contribution in [0.5, 0.6) is 0 Å². The summed E-state index contributed by atoms with van der Waals surface area (Å²) in [6.07, 6.45) is 6.35. The molecule has 0 aliphatic heterocycles. The molecule has 2 aliphatic carbocycles. The van der Waals surface area contributed by atoms with Crippen LogP contribution in [0.1, 0.15) is 55.8 Å². The van der Waals surface area contributed by atoms with Gasteiger partial charge in [0.1, 0.15) is 0 Å². The highest BCUT2D eigenvalue weighted by molar-refractivity contribution is 5.68. The number of aryl methyl sites for hydroxylation is 1. The molecule has 1 fully saturated rings. The van der Waals surface area contributed by atoms with Crippen molar-refractivity contribution in [1.82, 2.24) is 0 Å². The summed E-state index contributed by atoms with van der Waals surface area (Å²) in [4.78, 5) is 11.0. The average Bonchev–Trinajstić information content (AvgIpc) is 2.36. The SMILES string of the molecule is O=C(O)CC1(OC2CCCc3ccccc32)CCC1. The van der Waals surface area contributed by atoms with Crippen molar-refractivity contribution < 1.29 is 14.6 Å². The highest BCUT2D eigenvalue weighted by Gasteiger charge is 2.42. The molecule has 0 heterocycles. The van der Waals surface area contributed by atoms with Crippen LogP contribution in [-0.4, -0.2) is 16.7 Å². The highest BCUT2D eigenvalue weighted by Crippen LogP contribution is 2.45. The van der Waals surface area contributed by atoms with E-state index in [1.807, 2.05) is 6.07 Å². The van der Waals surface area contributed by atoms with Crippen LogP contribution in [-0.2, 0) is 16.0 Å². The molecule has 19 heavy (non-hydrogen) atoms. The van der Waals surface area contributed by atoms with Crippen molar-refractivity contribution in [2.75, 3.05) is 0 Å². The summed E-state index contributed by atoms with van der Waals surface area (Å²) in [6.45, 7) is 0. The highest BCUT2D eigenvalue weighted by atomic mass is 16.5. The van der Waals surface area contributed by atoms with Crippen LogP contribution in [0, 0.1) is 0 Å². The monoisotopic (exact) mass is 260 g/mol. The van der Waals surface area contributed by atoms with Crippen molar-refractivity contribution >= 4 is 5.97 Å². The van der Waals surface area contributed by atoms with Crippen LogP contribution >= 0.6 is 0 Å². The lowest BCUT2D eigenvalue weighted by Gasteiger charge is -2.44. The third kappa shape index (κ3) is 2.52. The summed E-state index contributed by atoms with van der Waals surface area (Å²) in [5, 5.41) is 9.06. The van der Waals surface area contributed by atoms with Gasteiger partial charge in [-0.2, -0.15) is 0 Å². The van der Waals surface area contributed by atoms with Crippen LogP contribution in [0.4, 0.5) is 0 Å². The first-order chi connectivity index (χ1) is 9.19. The number of ether oxygens (including phenoxy) is 1. The molecule has 2 aliphatic rings. The van der Waals surface area contributed by atoms with Crippen LogP contribution in [0.15, 0.2) is 24.3 Å². The van der Waals surface area contributed by atoms with Gasteiger partial charge in [0.15, 0.2) is 0 Å². The lowest BCUT2D eigenvalue weighted by molar-refractivity contribution is -0.169. The quantitative estimate of drug-likeness (QED) is 0.901. The van der Waals surface area contributed by atoms with E-state index in [1.165, 1.54) is 11.1 Å². The molecule has 1 aromatic rings. The van der Waals surface area contributed by atoms with Crippen molar-refractivity contribution in [3.63, 3.8) is 0 Å². The molecule has 3 heteroatoms. The maximum Gasteiger partial charge on any atom is 0.306 e. The molecule has 1 unspecified atom stereocenters. The largest absolute Gasteiger partial charge is 0.481 e. The molecule has 0 spiro atoms. The summed E-state index contributed by atoms with van der Waals surface area (Å²) in [5.41, 5.74) is 2.23. The Morgan fingerprint density at radius 3 is 2.79 bits per heavy atom. The van der Waals surface area contributed by atoms with Gasteiger partial charge < -0.3 is 9.84 Å². The Balaban J connectivity index is 1.78. The van der Waals surface area contributed by atoms with E-state index in [1.54, 1.807) is 0 Å². The number of carbonyl (C=O) groups is 1. The number of carboxylic acid groups (broad SMARTS) is 1. The van der Waals surface area contributed by atoms with Crippen LogP contribution in [0.25, 0.3) is 0 Å². The van der Waals surface area contributed by atoms with Crippen molar-refractivity contribution in [3.05, 3.63) is 35.4 Å². The zero-order valence-corrected chi connectivity index (χ0v) is 11.1. The zero-order chi connectivity index (χ0) is 13.3. The van der Waals surface area contributed by atoms with E-state index in [0.29, 0.717) is 0 Å². The molecule has 3 nitrogen and oxygen atoms in total. The Labute approximate surface area is 113 Å². The minimum atomic E-state index is -0.746. The number of rotatable bonds is 4. The topological polar surface area (TPSA) is 46.5 Å². The van der Waals surface area contributed by atoms with Gasteiger partial charge in [-0.1, -0.05) is 24.3 Å². The summed E-state index contributed by atoms with van der Waals surface area (Å²) in [7, 11) is 0. The van der Waals surface area contributed by atoms with Crippen molar-refractivity contribution in [2.45, 2.75) is 56.7 Å². The number of hydrogen-bond donors (Lipinski definition) is 1. The van der Waals surface area contributed by atoms with Crippen molar-refractivity contribution in [2.24, 2.45) is 0 Å². The van der Waals surface area contributed by atoms with Gasteiger partial charge in [0.2, 0.25) is 0 Å². The second-order valence-electron chi connectivity index (χ2n) is 5.80. The predicted octanol–water partition coefficient (Wildman–Crippen LogP) is 3.48. The minimum absolute atomic E-state index is 0.0876. The Morgan fingerprint density at radius 2 is 2.11 bits per heavy atom. The van der Waals surface area contributed by atoms with E-state index in [0.717, 1.165) is 38.5 Å². The fraction of sp³-hybridized carbons (Fsp3) is 0.562. The molecule has 0 saturated heterocycles. The van der Waals surface area contributed by atoms with Crippen LogP contribution in [0.2, 0.25) is 0 Å². The molecule has 0 amide bonds. The molecule has 102 valence electrons. The Kier molecular flexibility index (Phi) is 3.31. The lowest BCUT2D eigenvalue weighted by Crippen LogP contribution is -2.43. The number of carboxylic acids is 1. The standard InChI is InChI=1S/C16H20O3/c17-15(18)11-16(9-4-10-16)19-14-8-3-6-12-5-1-2-7-13(12)14/h1-2,5,7,14H,3-4,6,8-11H2,(H,17,18). The first-order valence-corrected chi connectivity index (χ1v) is 7.16. The first-order valence-electron chi connectivity index (χ1n) is 7.16. The van der Waals surface area contributed by atoms with Crippen LogP contribution in [0.3, 0.4) is 0 Å². The molecular formula is C16H20O3. The summed E-state index contributed by atoms with van der Waals surface area (Å²) in [6, 6.07) is 8.41. The molecule has 1 atom stereocenters. The second kappa shape index (κ2) is 4.97. The Hall–Kier alpha value is -1.35. The van der Waals surface area contributed by atoms with Gasteiger partial charge in [0, 0.05) is 0 Å². The number of fused-ring (bicyclic) bond motifs is 1. The molecule has 1 N–H and O–H groups in total. The van der Waals surface area contributed by atoms with E-state index >= 15 is 0 Å². The maximum absolute atomic E-state index is 11.0. The van der Waals surface area contributed by atoms with E-state index in [-0.39, 0.29) is 12.5 Å². The minimum Gasteiger partial charge on any atom is -0.481 e. The van der Waals surface area contributed by atoms with Gasteiger partial charge in [-0.3, -0.25) is 4.79 Å². The van der Waals surface area contributed by atoms with Gasteiger partial charge in [-0.15, -0.1) is 0 Å². The van der Waals surface area contributed by atoms with Gasteiger partial charge in [-0.05, 0) is 49.7 Å². The lowest BCUT2D eigenvalue weighted by atomic mass is 9.76. The average molecular weight is 260 g/mol. The van der Waals surface area contributed by atoms with Gasteiger partial charge in [0.25, 0.3) is 0 Å². The zero-order valence-electron chi connectivity index (χ0n) is 11.1. The van der Waals surface area contributed by atoms with E-state index < -0.39 is 11.6 Å². The third-order valence-electron chi connectivity index (χ3n) is 4.44. The number of benzene rings is 1. The fourth-order valence-electron chi connectivity index (χ4n) is 3.32. The predicted molar refractivity (Wildman–Crippen MR) is 72.0 cm³/mol. The number of aliphatic carboxylic acids is 1. The van der Waals surface area contributed by atoms with E-state index in [4.69, 9.17) is 9.84 Å². The molecule has 0 radical (unpaired) electrons. The third-order valence-corrected chi connectivity index (χ3v) is 4.44. The molecule has 1 aromatic carbocycles. The molecule has 0 bridgehead atoms. The van der Waals surface area contributed by atoms with Gasteiger partial charge >= 0.3 is 5.97 Å². The van der Waals surface area contributed by atoms with Crippen molar-refractivity contribution in [1.29, 1.82) is 0 Å². The Bertz CT molecular complexity index is 477. The fourth-order valence-corrected chi connectivity index (χ4v) is 3.32. The smallest absolute Gasteiger partial charge is 0.306 e. The molecule has 1 saturated carbocycles.